The summed E-state index contributed by atoms with van der Waals surface area (Å²) >= 11 is 6.26. The first-order valence-electron chi connectivity index (χ1n) is 8.23. The highest BCUT2D eigenvalue weighted by Gasteiger charge is 2.36. The lowest BCUT2D eigenvalue weighted by molar-refractivity contribution is -0.144. The molecule has 0 radical (unpaired) electrons. The smallest absolute Gasteiger partial charge is 0.308 e. The van der Waals surface area contributed by atoms with Crippen molar-refractivity contribution >= 4 is 23.5 Å². The maximum Gasteiger partial charge on any atom is 0.308 e. The molecule has 1 N–H and O–H groups in total. The van der Waals surface area contributed by atoms with E-state index in [-0.39, 0.29) is 11.9 Å². The molecule has 0 aliphatic carbocycles. The molecule has 130 valence electrons. The Balaban J connectivity index is 1.93. The summed E-state index contributed by atoms with van der Waals surface area (Å²) in [7, 11) is 0. The number of carbonyl (C=O) groups is 2. The zero-order valence-corrected chi connectivity index (χ0v) is 14.6. The van der Waals surface area contributed by atoms with Crippen molar-refractivity contribution in [2.45, 2.75) is 25.8 Å². The van der Waals surface area contributed by atoms with Crippen molar-refractivity contribution in [3.63, 3.8) is 0 Å². The summed E-state index contributed by atoms with van der Waals surface area (Å²) in [5.74, 6) is -1.64. The van der Waals surface area contributed by atoms with Gasteiger partial charge in [-0.1, -0.05) is 23.7 Å². The van der Waals surface area contributed by atoms with Gasteiger partial charge in [-0.15, -0.1) is 0 Å². The van der Waals surface area contributed by atoms with Gasteiger partial charge < -0.3 is 10.0 Å². The van der Waals surface area contributed by atoms with Crippen LogP contribution in [0.25, 0.3) is 11.3 Å². The third kappa shape index (κ3) is 3.51. The van der Waals surface area contributed by atoms with Crippen LogP contribution in [0, 0.1) is 5.92 Å². The summed E-state index contributed by atoms with van der Waals surface area (Å²) in [6.07, 6.45) is 2.95. The highest BCUT2D eigenvalue weighted by molar-refractivity contribution is 6.34. The summed E-state index contributed by atoms with van der Waals surface area (Å²) in [5, 5.41) is 9.71. The number of carboxylic acids is 1. The van der Waals surface area contributed by atoms with Gasteiger partial charge in [-0.3, -0.25) is 14.6 Å². The van der Waals surface area contributed by atoms with E-state index in [0.717, 1.165) is 11.3 Å². The Morgan fingerprint density at radius 1 is 1.28 bits per heavy atom. The number of amides is 1. The molecule has 2 aromatic rings. The van der Waals surface area contributed by atoms with Crippen molar-refractivity contribution in [3.05, 3.63) is 53.2 Å². The van der Waals surface area contributed by atoms with Crippen LogP contribution in [0.1, 0.15) is 30.1 Å². The average Bonchev–Trinajstić information content (AvgIpc) is 2.62. The second-order valence-electron chi connectivity index (χ2n) is 6.24. The molecule has 0 spiro atoms. The molecule has 1 fully saturated rings. The van der Waals surface area contributed by atoms with Gasteiger partial charge in [-0.25, -0.2) is 0 Å². The summed E-state index contributed by atoms with van der Waals surface area (Å²) < 4.78 is 0. The molecule has 2 heterocycles. The number of halogens is 1. The van der Waals surface area contributed by atoms with Gasteiger partial charge >= 0.3 is 5.97 Å². The molecule has 1 aliphatic rings. The molecule has 0 bridgehead atoms. The van der Waals surface area contributed by atoms with Crippen LogP contribution in [-0.2, 0) is 4.79 Å². The highest BCUT2D eigenvalue weighted by atomic mass is 35.5. The van der Waals surface area contributed by atoms with E-state index < -0.39 is 11.9 Å². The van der Waals surface area contributed by atoms with E-state index in [1.54, 1.807) is 30.2 Å². The maximum absolute atomic E-state index is 13.0. The van der Waals surface area contributed by atoms with E-state index in [1.165, 1.54) is 0 Å². The van der Waals surface area contributed by atoms with E-state index in [9.17, 15) is 14.7 Å². The minimum Gasteiger partial charge on any atom is -0.481 e. The van der Waals surface area contributed by atoms with Crippen molar-refractivity contribution in [2.75, 3.05) is 6.54 Å². The SMILES string of the molecule is C[C@@H]1[C@H](C(=O)O)CCCN1C(=O)c1cc(-c2ccccn2)ccc1Cl. The average molecular weight is 359 g/mol. The molecule has 0 unspecified atom stereocenters. The lowest BCUT2D eigenvalue weighted by atomic mass is 9.89. The Hall–Kier alpha value is -2.40. The molecule has 25 heavy (non-hydrogen) atoms. The highest BCUT2D eigenvalue weighted by Crippen LogP contribution is 2.29. The van der Waals surface area contributed by atoms with E-state index in [2.05, 4.69) is 4.98 Å². The van der Waals surface area contributed by atoms with E-state index in [0.29, 0.717) is 30.0 Å². The molecule has 1 amide bonds. The van der Waals surface area contributed by atoms with Gasteiger partial charge in [-0.05, 0) is 44.0 Å². The molecular weight excluding hydrogens is 340 g/mol. The van der Waals surface area contributed by atoms with E-state index in [1.807, 2.05) is 24.3 Å². The predicted molar refractivity (Wildman–Crippen MR) is 95.5 cm³/mol. The van der Waals surface area contributed by atoms with Crippen molar-refractivity contribution in [3.8, 4) is 11.3 Å². The van der Waals surface area contributed by atoms with Crippen LogP contribution in [0.3, 0.4) is 0 Å². The number of nitrogens with zero attached hydrogens (tertiary/aromatic N) is 2. The fourth-order valence-corrected chi connectivity index (χ4v) is 3.50. The molecule has 5 nitrogen and oxygen atoms in total. The topological polar surface area (TPSA) is 70.5 Å². The third-order valence-electron chi connectivity index (χ3n) is 4.72. The standard InChI is InChI=1S/C19H19ClN2O3/c1-12-14(19(24)25)5-4-10-22(12)18(23)15-11-13(7-8-16(15)20)17-6-2-3-9-21-17/h2-3,6-9,11-12,14H,4-5,10H2,1H3,(H,24,25)/t12-,14-/m1/s1. The Labute approximate surface area is 151 Å². The zero-order valence-electron chi connectivity index (χ0n) is 13.9. The van der Waals surface area contributed by atoms with Crippen LogP contribution in [0.15, 0.2) is 42.6 Å². The molecule has 1 saturated heterocycles. The van der Waals surface area contributed by atoms with Gasteiger partial charge in [0, 0.05) is 24.3 Å². The van der Waals surface area contributed by atoms with Crippen LogP contribution in [-0.4, -0.2) is 39.5 Å². The molecule has 3 rings (SSSR count). The lowest BCUT2D eigenvalue weighted by Gasteiger charge is -2.37. The fourth-order valence-electron chi connectivity index (χ4n) is 3.30. The van der Waals surface area contributed by atoms with Gasteiger partial charge in [0.1, 0.15) is 0 Å². The number of likely N-dealkylation sites (tertiary alicyclic amines) is 1. The second kappa shape index (κ2) is 7.23. The third-order valence-corrected chi connectivity index (χ3v) is 5.05. The summed E-state index contributed by atoms with van der Waals surface area (Å²) in [6, 6.07) is 10.4. The van der Waals surface area contributed by atoms with Crippen molar-refractivity contribution in [1.29, 1.82) is 0 Å². The number of hydrogen-bond acceptors (Lipinski definition) is 3. The first-order valence-corrected chi connectivity index (χ1v) is 8.61. The molecule has 1 aromatic heterocycles. The maximum atomic E-state index is 13.0. The van der Waals surface area contributed by atoms with Gasteiger partial charge in [0.2, 0.25) is 0 Å². The number of hydrogen-bond donors (Lipinski definition) is 1. The zero-order chi connectivity index (χ0) is 18.0. The summed E-state index contributed by atoms with van der Waals surface area (Å²) in [5.41, 5.74) is 1.93. The summed E-state index contributed by atoms with van der Waals surface area (Å²) in [6.45, 7) is 2.32. The van der Waals surface area contributed by atoms with E-state index in [4.69, 9.17) is 11.6 Å². The quantitative estimate of drug-likeness (QED) is 0.907. The number of benzene rings is 1. The minimum absolute atomic E-state index is 0.235. The van der Waals surface area contributed by atoms with Gasteiger partial charge in [0.15, 0.2) is 0 Å². The van der Waals surface area contributed by atoms with Crippen molar-refractivity contribution in [2.24, 2.45) is 5.92 Å². The summed E-state index contributed by atoms with van der Waals surface area (Å²) in [4.78, 5) is 30.3. The Morgan fingerprint density at radius 3 is 2.76 bits per heavy atom. The molecular formula is C19H19ClN2O3. The fraction of sp³-hybridized carbons (Fsp3) is 0.316. The minimum atomic E-state index is -0.863. The molecule has 6 heteroatoms. The lowest BCUT2D eigenvalue weighted by Crippen LogP contribution is -2.49. The number of piperidine rings is 1. The van der Waals surface area contributed by atoms with Gasteiger partial charge in [0.05, 0.1) is 22.2 Å². The van der Waals surface area contributed by atoms with Crippen LogP contribution in [0.5, 0.6) is 0 Å². The number of rotatable bonds is 3. The number of carbonyl (C=O) groups excluding carboxylic acids is 1. The predicted octanol–water partition coefficient (Wildman–Crippen LogP) is 3.73. The Kier molecular flexibility index (Phi) is 5.04. The monoisotopic (exact) mass is 358 g/mol. The first kappa shape index (κ1) is 17.4. The van der Waals surface area contributed by atoms with Crippen LogP contribution in [0.4, 0.5) is 0 Å². The van der Waals surface area contributed by atoms with Crippen LogP contribution >= 0.6 is 11.6 Å². The number of aromatic nitrogens is 1. The Bertz CT molecular complexity index is 795. The largest absolute Gasteiger partial charge is 0.481 e. The van der Waals surface area contributed by atoms with Gasteiger partial charge in [0.25, 0.3) is 5.91 Å². The van der Waals surface area contributed by atoms with Crippen LogP contribution < -0.4 is 0 Å². The van der Waals surface area contributed by atoms with Crippen molar-refractivity contribution in [1.82, 2.24) is 9.88 Å². The number of aliphatic carboxylic acids is 1. The van der Waals surface area contributed by atoms with Crippen molar-refractivity contribution < 1.29 is 14.7 Å². The number of carboxylic acid groups (broad SMARTS) is 1. The van der Waals surface area contributed by atoms with E-state index >= 15 is 0 Å². The first-order chi connectivity index (χ1) is 12.0. The molecule has 1 aliphatic heterocycles. The van der Waals surface area contributed by atoms with Gasteiger partial charge in [-0.2, -0.15) is 0 Å². The second-order valence-corrected chi connectivity index (χ2v) is 6.64. The Morgan fingerprint density at radius 2 is 2.08 bits per heavy atom. The van der Waals surface area contributed by atoms with Crippen LogP contribution in [0.2, 0.25) is 5.02 Å². The number of pyridine rings is 1. The normalized spacial score (nSPS) is 20.3. The molecule has 1 aromatic carbocycles. The molecule has 2 atom stereocenters. The molecule has 0 saturated carbocycles.